The largest absolute Gasteiger partial charge is 0.481 e. The molecule has 0 spiro atoms. The second-order valence-corrected chi connectivity index (χ2v) is 3.46. The number of rotatable bonds is 3. The van der Waals surface area contributed by atoms with Gasteiger partial charge in [-0.1, -0.05) is 18.1 Å². The zero-order valence-corrected chi connectivity index (χ0v) is 8.66. The van der Waals surface area contributed by atoms with E-state index in [1.807, 2.05) is 0 Å². The number of benzene rings is 1. The van der Waals surface area contributed by atoms with Crippen LogP contribution in [0.4, 0.5) is 13.2 Å². The summed E-state index contributed by atoms with van der Waals surface area (Å²) in [6, 6.07) is 5.27. The Balaban J connectivity index is 3.13. The van der Waals surface area contributed by atoms with Crippen LogP contribution in [0.25, 0.3) is 0 Å². The number of hydrogen-bond acceptors (Lipinski definition) is 1. The molecule has 1 aromatic rings. The summed E-state index contributed by atoms with van der Waals surface area (Å²) in [7, 11) is 0. The summed E-state index contributed by atoms with van der Waals surface area (Å²) in [5.41, 5.74) is 0.164. The van der Waals surface area contributed by atoms with E-state index in [1.54, 1.807) is 0 Å². The minimum absolute atomic E-state index is 0.129. The zero-order valence-electron chi connectivity index (χ0n) is 8.66. The SMILES string of the molecule is C#Cc1cccc(C(CC(=O)O)C(F)(F)F)c1. The highest BCUT2D eigenvalue weighted by Crippen LogP contribution is 2.37. The number of hydrogen-bond donors (Lipinski definition) is 1. The molecule has 0 aliphatic heterocycles. The summed E-state index contributed by atoms with van der Waals surface area (Å²) < 4.78 is 38.1. The second-order valence-electron chi connectivity index (χ2n) is 3.46. The van der Waals surface area contributed by atoms with Gasteiger partial charge < -0.3 is 5.11 Å². The van der Waals surface area contributed by atoms with Gasteiger partial charge >= 0.3 is 12.1 Å². The van der Waals surface area contributed by atoms with Crippen LogP contribution in [0.1, 0.15) is 23.5 Å². The van der Waals surface area contributed by atoms with Crippen molar-refractivity contribution in [1.82, 2.24) is 0 Å². The maximum absolute atomic E-state index is 12.7. The Morgan fingerprint density at radius 2 is 2.12 bits per heavy atom. The van der Waals surface area contributed by atoms with Gasteiger partial charge in [-0.05, 0) is 17.7 Å². The standard InChI is InChI=1S/C12H9F3O2/c1-2-8-4-3-5-9(6-8)10(7-11(16)17)12(13,14)15/h1,3-6,10H,7H2,(H,16,17). The van der Waals surface area contributed by atoms with Gasteiger partial charge in [0.1, 0.15) is 0 Å². The lowest BCUT2D eigenvalue weighted by molar-refractivity contribution is -0.163. The van der Waals surface area contributed by atoms with E-state index >= 15 is 0 Å². The molecule has 0 saturated carbocycles. The molecule has 0 radical (unpaired) electrons. The monoisotopic (exact) mass is 242 g/mol. The predicted molar refractivity (Wildman–Crippen MR) is 55.4 cm³/mol. The highest BCUT2D eigenvalue weighted by molar-refractivity contribution is 5.68. The average molecular weight is 242 g/mol. The molecule has 0 aromatic heterocycles. The van der Waals surface area contributed by atoms with E-state index in [1.165, 1.54) is 24.3 Å². The molecule has 90 valence electrons. The number of alkyl halides is 3. The van der Waals surface area contributed by atoms with E-state index in [2.05, 4.69) is 5.92 Å². The lowest BCUT2D eigenvalue weighted by atomic mass is 9.94. The maximum atomic E-state index is 12.7. The summed E-state index contributed by atoms with van der Waals surface area (Å²) in [5.74, 6) is -1.32. The Hall–Kier alpha value is -1.96. The van der Waals surface area contributed by atoms with Gasteiger partial charge in [-0.3, -0.25) is 4.79 Å². The first-order valence-corrected chi connectivity index (χ1v) is 4.69. The van der Waals surface area contributed by atoms with Crippen LogP contribution >= 0.6 is 0 Å². The van der Waals surface area contributed by atoms with Crippen molar-refractivity contribution in [3.8, 4) is 12.3 Å². The van der Waals surface area contributed by atoms with Crippen LogP contribution in [0.3, 0.4) is 0 Å². The van der Waals surface area contributed by atoms with Crippen molar-refractivity contribution in [1.29, 1.82) is 0 Å². The van der Waals surface area contributed by atoms with E-state index < -0.39 is 24.5 Å². The molecule has 1 atom stereocenters. The van der Waals surface area contributed by atoms with Crippen LogP contribution in [-0.2, 0) is 4.79 Å². The van der Waals surface area contributed by atoms with Gasteiger partial charge in [0.05, 0.1) is 12.3 Å². The highest BCUT2D eigenvalue weighted by Gasteiger charge is 2.42. The van der Waals surface area contributed by atoms with Gasteiger partial charge in [0.25, 0.3) is 0 Å². The van der Waals surface area contributed by atoms with Crippen molar-refractivity contribution in [3.05, 3.63) is 35.4 Å². The Morgan fingerprint density at radius 3 is 2.59 bits per heavy atom. The lowest BCUT2D eigenvalue weighted by Crippen LogP contribution is -2.23. The second kappa shape index (κ2) is 4.91. The molecule has 17 heavy (non-hydrogen) atoms. The Kier molecular flexibility index (Phi) is 3.79. The van der Waals surface area contributed by atoms with Gasteiger partial charge in [-0.2, -0.15) is 13.2 Å². The number of halogens is 3. The molecule has 0 aliphatic carbocycles. The van der Waals surface area contributed by atoms with E-state index in [4.69, 9.17) is 11.5 Å². The first-order valence-electron chi connectivity index (χ1n) is 4.69. The third kappa shape index (κ3) is 3.52. The van der Waals surface area contributed by atoms with Crippen molar-refractivity contribution < 1.29 is 23.1 Å². The van der Waals surface area contributed by atoms with E-state index in [0.29, 0.717) is 5.56 Å². The van der Waals surface area contributed by atoms with Crippen LogP contribution in [0.5, 0.6) is 0 Å². The number of carbonyl (C=O) groups is 1. The predicted octanol–water partition coefficient (Wildman–Crippen LogP) is 2.79. The van der Waals surface area contributed by atoms with Crippen molar-refractivity contribution >= 4 is 5.97 Å². The molecule has 0 heterocycles. The van der Waals surface area contributed by atoms with Crippen molar-refractivity contribution in [2.24, 2.45) is 0 Å². The Morgan fingerprint density at radius 1 is 1.47 bits per heavy atom. The quantitative estimate of drug-likeness (QED) is 0.827. The van der Waals surface area contributed by atoms with Crippen LogP contribution in [0.2, 0.25) is 0 Å². The molecule has 0 amide bonds. The van der Waals surface area contributed by atoms with Crippen LogP contribution in [0, 0.1) is 12.3 Å². The molecule has 0 fully saturated rings. The van der Waals surface area contributed by atoms with Crippen LogP contribution in [-0.4, -0.2) is 17.3 Å². The first kappa shape index (κ1) is 13.1. The first-order chi connectivity index (χ1) is 7.84. The molecule has 1 rings (SSSR count). The summed E-state index contributed by atoms with van der Waals surface area (Å²) in [6.45, 7) is 0. The lowest BCUT2D eigenvalue weighted by Gasteiger charge is -2.19. The molecular formula is C12H9F3O2. The molecule has 1 unspecified atom stereocenters. The number of carboxylic acids is 1. The minimum Gasteiger partial charge on any atom is -0.481 e. The molecule has 5 heteroatoms. The zero-order chi connectivity index (χ0) is 13.1. The van der Waals surface area contributed by atoms with Crippen molar-refractivity contribution in [3.63, 3.8) is 0 Å². The molecule has 2 nitrogen and oxygen atoms in total. The summed E-state index contributed by atoms with van der Waals surface area (Å²) in [4.78, 5) is 10.4. The fraction of sp³-hybridized carbons (Fsp3) is 0.250. The van der Waals surface area contributed by atoms with Crippen LogP contribution < -0.4 is 0 Å². The molecule has 0 bridgehead atoms. The normalized spacial score (nSPS) is 12.8. The Bertz CT molecular complexity index is 458. The highest BCUT2D eigenvalue weighted by atomic mass is 19.4. The number of carboxylic acid groups (broad SMARTS) is 1. The van der Waals surface area contributed by atoms with Crippen LogP contribution in [0.15, 0.2) is 24.3 Å². The minimum atomic E-state index is -4.61. The molecule has 1 N–H and O–H groups in total. The van der Waals surface area contributed by atoms with E-state index in [9.17, 15) is 18.0 Å². The third-order valence-corrected chi connectivity index (χ3v) is 2.23. The fourth-order valence-corrected chi connectivity index (χ4v) is 1.44. The molecule has 0 aliphatic rings. The summed E-state index contributed by atoms with van der Waals surface area (Å²) in [6.07, 6.45) is -0.526. The number of terminal acetylenes is 1. The third-order valence-electron chi connectivity index (χ3n) is 2.23. The maximum Gasteiger partial charge on any atom is 0.396 e. The van der Waals surface area contributed by atoms with Gasteiger partial charge in [0, 0.05) is 5.56 Å². The van der Waals surface area contributed by atoms with Gasteiger partial charge in [0.2, 0.25) is 0 Å². The van der Waals surface area contributed by atoms with Gasteiger partial charge in [-0.15, -0.1) is 6.42 Å². The van der Waals surface area contributed by atoms with Crippen molar-refractivity contribution in [2.75, 3.05) is 0 Å². The molecule has 0 saturated heterocycles. The van der Waals surface area contributed by atoms with Crippen molar-refractivity contribution in [2.45, 2.75) is 18.5 Å². The summed E-state index contributed by atoms with van der Waals surface area (Å²) in [5, 5.41) is 8.49. The number of aliphatic carboxylic acids is 1. The average Bonchev–Trinajstić information content (AvgIpc) is 2.24. The summed E-state index contributed by atoms with van der Waals surface area (Å²) >= 11 is 0. The smallest absolute Gasteiger partial charge is 0.396 e. The molecule has 1 aromatic carbocycles. The van der Waals surface area contributed by atoms with Gasteiger partial charge in [-0.25, -0.2) is 0 Å². The fourth-order valence-electron chi connectivity index (χ4n) is 1.44. The Labute approximate surface area is 96.1 Å². The van der Waals surface area contributed by atoms with E-state index in [-0.39, 0.29) is 5.56 Å². The van der Waals surface area contributed by atoms with Gasteiger partial charge in [0.15, 0.2) is 0 Å². The van der Waals surface area contributed by atoms with E-state index in [0.717, 1.165) is 0 Å². The molecular weight excluding hydrogens is 233 g/mol. The topological polar surface area (TPSA) is 37.3 Å².